The van der Waals surface area contributed by atoms with Gasteiger partial charge in [-0.3, -0.25) is 0 Å². The molecule has 0 aliphatic carbocycles. The van der Waals surface area contributed by atoms with Crippen molar-refractivity contribution >= 4 is 35.8 Å². The fraction of sp³-hybridized carbons (Fsp3) is 0.125. The normalized spacial score (nSPS) is 19.1. The van der Waals surface area contributed by atoms with E-state index >= 15 is 9.59 Å². The van der Waals surface area contributed by atoms with E-state index in [9.17, 15) is 116 Å². The number of benzene rings is 6. The van der Waals surface area contributed by atoms with Gasteiger partial charge in [0.25, 0.3) is 0 Å². The number of aliphatic hydroxyl groups is 1. The van der Waals surface area contributed by atoms with Crippen LogP contribution < -0.4 is 4.74 Å². The van der Waals surface area contributed by atoms with Crippen molar-refractivity contribution in [3.63, 3.8) is 0 Å². The Morgan fingerprint density at radius 3 is 1.41 bits per heavy atom. The number of rotatable bonds is 3. The highest BCUT2D eigenvalue weighted by Gasteiger charge is 2.55. The summed E-state index contributed by atoms with van der Waals surface area (Å²) in [6, 6.07) is 1.15. The largest absolute Gasteiger partial charge is 0.504 e. The Kier molecular flexibility index (Phi) is 11.2. The van der Waals surface area contributed by atoms with Crippen molar-refractivity contribution in [2.45, 2.75) is 30.5 Å². The molecule has 0 aromatic heterocycles. The first-order valence-electron chi connectivity index (χ1n) is 21.8. The van der Waals surface area contributed by atoms with Gasteiger partial charge in [-0.2, -0.15) is 0 Å². The van der Waals surface area contributed by atoms with Crippen LogP contribution in [-0.2, 0) is 23.7 Å². The summed E-state index contributed by atoms with van der Waals surface area (Å²) in [6.07, 6.45) is -14.2. The first-order chi connectivity index (χ1) is 37.1. The second-order valence-corrected chi connectivity index (χ2v) is 17.4. The van der Waals surface area contributed by atoms with E-state index in [-0.39, 0.29) is 12.1 Å². The van der Waals surface area contributed by atoms with Crippen LogP contribution in [0.1, 0.15) is 73.8 Å². The first-order valence-corrected chi connectivity index (χ1v) is 21.8. The Balaban J connectivity index is 1.32. The summed E-state index contributed by atoms with van der Waals surface area (Å²) in [5.41, 5.74) is -17.4. The minimum absolute atomic E-state index is 0.249. The zero-order chi connectivity index (χ0) is 57.6. The van der Waals surface area contributed by atoms with Crippen LogP contribution in [0.4, 0.5) is 0 Å². The number of carboxylic acids is 1. The van der Waals surface area contributed by atoms with E-state index < -0.39 is 255 Å². The zero-order valence-corrected chi connectivity index (χ0v) is 38.3. The predicted octanol–water partition coefficient (Wildman–Crippen LogP) is 2.22. The monoisotopic (exact) mass is 1100 g/mol. The maximum Gasteiger partial charge on any atom is 0.340 e. The third-order valence-electron chi connectivity index (χ3n) is 13.1. The molecule has 5 aliphatic rings. The van der Waals surface area contributed by atoms with E-state index in [1.54, 1.807) is 0 Å². The number of carboxylic acid groups (broad SMARTS) is 1. The van der Waals surface area contributed by atoms with Crippen LogP contribution in [-0.4, -0.2) is 164 Å². The van der Waals surface area contributed by atoms with Crippen molar-refractivity contribution in [3.05, 3.63) is 63.2 Å². The van der Waals surface area contributed by atoms with E-state index in [1.165, 1.54) is 0 Å². The lowest BCUT2D eigenvalue weighted by atomic mass is 9.80. The summed E-state index contributed by atoms with van der Waals surface area (Å²) in [5, 5.41) is 211. The molecule has 31 nitrogen and oxygen atoms in total. The molecule has 6 bridgehead atoms. The number of esters is 5. The Labute approximate surface area is 432 Å². The van der Waals surface area contributed by atoms with E-state index in [4.69, 9.17) is 28.4 Å². The number of hydrogen-bond donors (Lipinski definition) is 19. The lowest BCUT2D eigenvalue weighted by molar-refractivity contribution is -0.154. The third kappa shape index (κ3) is 7.09. The van der Waals surface area contributed by atoms with Gasteiger partial charge in [-0.1, -0.05) is 0 Å². The van der Waals surface area contributed by atoms with Gasteiger partial charge in [0.2, 0.25) is 40.2 Å². The number of phenols is 17. The van der Waals surface area contributed by atoms with Gasteiger partial charge in [0.1, 0.15) is 18.3 Å². The van der Waals surface area contributed by atoms with Crippen molar-refractivity contribution in [3.8, 4) is 143 Å². The Morgan fingerprint density at radius 1 is 0.405 bits per heavy atom. The van der Waals surface area contributed by atoms with Gasteiger partial charge in [0.05, 0.1) is 27.8 Å². The van der Waals surface area contributed by atoms with Gasteiger partial charge in [-0.25, -0.2) is 28.8 Å². The minimum Gasteiger partial charge on any atom is -0.504 e. The van der Waals surface area contributed by atoms with Gasteiger partial charge in [0.15, 0.2) is 93.4 Å². The molecule has 11 rings (SSSR count). The second-order valence-electron chi connectivity index (χ2n) is 17.4. The molecule has 0 fully saturated rings. The van der Waals surface area contributed by atoms with Crippen molar-refractivity contribution in [1.29, 1.82) is 0 Å². The molecule has 79 heavy (non-hydrogen) atoms. The average Bonchev–Trinajstić information content (AvgIpc) is 3.50. The molecule has 408 valence electrons. The quantitative estimate of drug-likeness (QED) is 0.0686. The Morgan fingerprint density at radius 2 is 0.823 bits per heavy atom. The lowest BCUT2D eigenvalue weighted by Crippen LogP contribution is -2.56. The van der Waals surface area contributed by atoms with Crippen molar-refractivity contribution in [1.82, 2.24) is 0 Å². The van der Waals surface area contributed by atoms with Crippen LogP contribution in [0.2, 0.25) is 0 Å². The molecule has 0 unspecified atom stereocenters. The number of carbonyl (C=O) groups is 6. The predicted molar refractivity (Wildman–Crippen MR) is 243 cm³/mol. The molecule has 5 heterocycles. The lowest BCUT2D eigenvalue weighted by Gasteiger charge is -2.40. The van der Waals surface area contributed by atoms with Gasteiger partial charge >= 0.3 is 35.8 Å². The molecular formula is C48H30O31. The molecule has 5 aliphatic heterocycles. The molecule has 19 N–H and O–H groups in total. The summed E-state index contributed by atoms with van der Waals surface area (Å²) >= 11 is 0. The molecule has 6 aromatic carbocycles. The van der Waals surface area contributed by atoms with E-state index in [0.29, 0.717) is 12.1 Å². The van der Waals surface area contributed by atoms with Gasteiger partial charge < -0.3 is 125 Å². The average molecular weight is 1100 g/mol. The van der Waals surface area contributed by atoms with Crippen LogP contribution in [0.3, 0.4) is 0 Å². The number of fused-ring (bicyclic) bond motifs is 7. The summed E-state index contributed by atoms with van der Waals surface area (Å²) < 4.78 is 33.5. The maximum atomic E-state index is 15.3. The third-order valence-corrected chi connectivity index (χ3v) is 13.1. The second kappa shape index (κ2) is 17.3. The molecule has 0 radical (unpaired) electrons. The first kappa shape index (κ1) is 51.0. The summed E-state index contributed by atoms with van der Waals surface area (Å²) in [5.74, 6) is -41.8. The molecule has 5 atom stereocenters. The molecule has 6 aromatic rings. The summed E-state index contributed by atoms with van der Waals surface area (Å²) in [4.78, 5) is 86.3. The summed E-state index contributed by atoms with van der Waals surface area (Å²) in [7, 11) is 0. The minimum atomic E-state index is -2.96. The molecule has 31 heteroatoms. The highest BCUT2D eigenvalue weighted by atomic mass is 16.6. The highest BCUT2D eigenvalue weighted by Crippen LogP contribution is 2.62. The van der Waals surface area contributed by atoms with E-state index in [0.717, 1.165) is 0 Å². The standard InChI is InChI=1S/C48H30O31/c49-10-1-6-15(28(56)24(10)52)16-8(4-13(27(55)30(16)58)75-39-9(43(67)68)3-12(51)26(54)38(39)66)46(71)77-40-14(5-74-44(6)69)76-45(70)7-2-11(50)25(53)29(57)17(7)18-21-19(32(60)36(64)31(18)59)20-22-23(34(62)37(65)33(20)61)35(63)41(78-48(22)73)42(40)79-47(21)72/h1-4,14,35,40-42,49-66H,5H2,(H,67,68)/t14-,35-,40-,41+,42+/m1/s1. The van der Waals surface area contributed by atoms with Crippen molar-refractivity contribution in [2.24, 2.45) is 0 Å². The Hall–Kier alpha value is -11.5. The van der Waals surface area contributed by atoms with Crippen LogP contribution >= 0.6 is 0 Å². The smallest absolute Gasteiger partial charge is 0.340 e. The molecule has 0 spiro atoms. The Bertz CT molecular complexity index is 3880. The number of aliphatic hydroxyl groups excluding tert-OH is 1. The summed E-state index contributed by atoms with van der Waals surface area (Å²) in [6.45, 7) is -1.63. The van der Waals surface area contributed by atoms with E-state index in [1.807, 2.05) is 0 Å². The van der Waals surface area contributed by atoms with Crippen LogP contribution in [0.5, 0.6) is 109 Å². The molecule has 0 saturated heterocycles. The number of ether oxygens (including phenoxy) is 6. The topological polar surface area (TPSA) is 542 Å². The molecule has 0 saturated carbocycles. The van der Waals surface area contributed by atoms with Gasteiger partial charge in [-0.15, -0.1) is 0 Å². The van der Waals surface area contributed by atoms with Crippen LogP contribution in [0.25, 0.3) is 33.4 Å². The van der Waals surface area contributed by atoms with Crippen molar-refractivity contribution < 1.29 is 154 Å². The van der Waals surface area contributed by atoms with Crippen molar-refractivity contribution in [2.75, 3.05) is 6.61 Å². The van der Waals surface area contributed by atoms with Crippen LogP contribution in [0.15, 0.2) is 24.3 Å². The zero-order valence-electron chi connectivity index (χ0n) is 38.3. The number of hydrogen-bond acceptors (Lipinski definition) is 30. The molecular weight excluding hydrogens is 1070 g/mol. The SMILES string of the molecule is O=C(O)c1cc(O)c(O)c(O)c1Oc1cc2c(c(O)c1O)-c1c(cc(O)c(O)c1O)C(=O)OC[C@H]1OC(=O)c3cc(O)c(O)c(O)c3-c3c(O)c(O)c(O)c4c3C(=O)O[C@H]([C@H]3OC(=O)c5c-4c(O)c(O)c(O)c5[C@H]3O)[C@@H]1OC2=O. The van der Waals surface area contributed by atoms with Crippen LogP contribution in [0, 0.1) is 0 Å². The fourth-order valence-corrected chi connectivity index (χ4v) is 9.45. The van der Waals surface area contributed by atoms with Gasteiger partial charge in [0, 0.05) is 51.1 Å². The number of aromatic hydroxyl groups is 17. The van der Waals surface area contributed by atoms with E-state index in [2.05, 4.69) is 0 Å². The fourth-order valence-electron chi connectivity index (χ4n) is 9.45. The molecule has 0 amide bonds. The maximum absolute atomic E-state index is 15.3. The highest BCUT2D eigenvalue weighted by molar-refractivity contribution is 6.16. The number of carbonyl (C=O) groups excluding carboxylic acids is 5. The number of phenolic OH excluding ortho intramolecular Hbond substituents is 17. The van der Waals surface area contributed by atoms with Gasteiger partial charge in [-0.05, 0) is 12.1 Å². The number of aromatic carboxylic acids is 1. The number of cyclic esters (lactones) is 1.